The highest BCUT2D eigenvalue weighted by Gasteiger charge is 2.29. The average molecular weight is 244 g/mol. The molecule has 0 amide bonds. The van der Waals surface area contributed by atoms with Crippen LogP contribution in [0.25, 0.3) is 0 Å². The summed E-state index contributed by atoms with van der Waals surface area (Å²) in [7, 11) is 3.46. The van der Waals surface area contributed by atoms with Crippen molar-refractivity contribution < 1.29 is 9.47 Å². The van der Waals surface area contributed by atoms with Crippen molar-refractivity contribution in [3.63, 3.8) is 0 Å². The Labute approximate surface area is 105 Å². The minimum Gasteiger partial charge on any atom is -0.382 e. The largest absolute Gasteiger partial charge is 0.382 e. The number of ether oxygens (including phenoxy) is 2. The van der Waals surface area contributed by atoms with Crippen molar-refractivity contribution in [3.05, 3.63) is 0 Å². The fourth-order valence-corrected chi connectivity index (χ4v) is 2.51. The van der Waals surface area contributed by atoms with Crippen LogP contribution in [0.5, 0.6) is 0 Å². The predicted octanol–water partition coefficient (Wildman–Crippen LogP) is 1.02. The lowest BCUT2D eigenvalue weighted by atomic mass is 9.76. The molecule has 0 aliphatic carbocycles. The second kappa shape index (κ2) is 8.03. The molecular weight excluding hydrogens is 216 g/mol. The van der Waals surface area contributed by atoms with Gasteiger partial charge in [0.15, 0.2) is 0 Å². The molecule has 0 bridgehead atoms. The number of nitrogens with one attached hydrogen (secondary N) is 2. The molecule has 4 heteroatoms. The predicted molar refractivity (Wildman–Crippen MR) is 70.4 cm³/mol. The van der Waals surface area contributed by atoms with E-state index in [1.54, 1.807) is 14.2 Å². The average Bonchev–Trinajstić information content (AvgIpc) is 2.39. The Bertz CT molecular complexity index is 194. The van der Waals surface area contributed by atoms with E-state index in [0.29, 0.717) is 12.0 Å². The van der Waals surface area contributed by atoms with Crippen molar-refractivity contribution in [1.29, 1.82) is 0 Å². The van der Waals surface area contributed by atoms with Gasteiger partial charge in [0.2, 0.25) is 0 Å². The topological polar surface area (TPSA) is 42.5 Å². The standard InChI is InChI=1S/C13H28N2O2/c1-4-13(5-7-14-8-6-13)11-15-9-12(17-3)10-16-2/h12,14-15H,4-11H2,1-3H3. The van der Waals surface area contributed by atoms with Gasteiger partial charge in [0.05, 0.1) is 12.7 Å². The van der Waals surface area contributed by atoms with E-state index in [1.807, 2.05) is 0 Å². The van der Waals surface area contributed by atoms with Crippen LogP contribution in [0.1, 0.15) is 26.2 Å². The molecule has 0 spiro atoms. The zero-order chi connectivity index (χ0) is 12.6. The highest BCUT2D eigenvalue weighted by Crippen LogP contribution is 2.31. The molecule has 1 aliphatic heterocycles. The van der Waals surface area contributed by atoms with Gasteiger partial charge in [-0.15, -0.1) is 0 Å². The molecule has 1 fully saturated rings. The first-order valence-corrected chi connectivity index (χ1v) is 6.69. The number of methoxy groups -OCH3 is 2. The van der Waals surface area contributed by atoms with E-state index < -0.39 is 0 Å². The SMILES string of the molecule is CCC1(CNCC(COC)OC)CCNCC1. The summed E-state index contributed by atoms with van der Waals surface area (Å²) in [5.74, 6) is 0. The lowest BCUT2D eigenvalue weighted by Crippen LogP contribution is -2.45. The van der Waals surface area contributed by atoms with Crippen LogP contribution in [0.2, 0.25) is 0 Å². The van der Waals surface area contributed by atoms with Crippen LogP contribution in [0.4, 0.5) is 0 Å². The minimum atomic E-state index is 0.163. The minimum absolute atomic E-state index is 0.163. The van der Waals surface area contributed by atoms with Crippen LogP contribution in [-0.2, 0) is 9.47 Å². The normalized spacial score (nSPS) is 21.4. The third kappa shape index (κ3) is 4.92. The second-order valence-corrected chi connectivity index (χ2v) is 5.05. The van der Waals surface area contributed by atoms with Crippen molar-refractivity contribution in [1.82, 2.24) is 10.6 Å². The van der Waals surface area contributed by atoms with E-state index in [0.717, 1.165) is 26.2 Å². The van der Waals surface area contributed by atoms with Gasteiger partial charge in [-0.25, -0.2) is 0 Å². The third-order valence-corrected chi connectivity index (χ3v) is 3.97. The van der Waals surface area contributed by atoms with Crippen LogP contribution in [0.15, 0.2) is 0 Å². The molecule has 102 valence electrons. The quantitative estimate of drug-likeness (QED) is 0.669. The first-order valence-electron chi connectivity index (χ1n) is 6.69. The molecule has 1 atom stereocenters. The Hall–Kier alpha value is -0.160. The molecule has 4 nitrogen and oxygen atoms in total. The summed E-state index contributed by atoms with van der Waals surface area (Å²) in [6.45, 7) is 7.23. The number of piperidine rings is 1. The van der Waals surface area contributed by atoms with Gasteiger partial charge >= 0.3 is 0 Å². The maximum absolute atomic E-state index is 5.35. The molecular formula is C13H28N2O2. The summed E-state index contributed by atoms with van der Waals surface area (Å²) < 4.78 is 10.5. The summed E-state index contributed by atoms with van der Waals surface area (Å²) in [4.78, 5) is 0. The maximum Gasteiger partial charge on any atom is 0.0928 e. The van der Waals surface area contributed by atoms with Crippen LogP contribution in [-0.4, -0.2) is 53.1 Å². The van der Waals surface area contributed by atoms with Gasteiger partial charge in [-0.2, -0.15) is 0 Å². The van der Waals surface area contributed by atoms with Crippen LogP contribution < -0.4 is 10.6 Å². The van der Waals surface area contributed by atoms with Crippen LogP contribution in [0, 0.1) is 5.41 Å². The maximum atomic E-state index is 5.35. The molecule has 0 saturated carbocycles. The van der Waals surface area contributed by atoms with Crippen LogP contribution >= 0.6 is 0 Å². The smallest absolute Gasteiger partial charge is 0.0928 e. The van der Waals surface area contributed by atoms with Gasteiger partial charge in [0.25, 0.3) is 0 Å². The monoisotopic (exact) mass is 244 g/mol. The summed E-state index contributed by atoms with van der Waals surface area (Å²) >= 11 is 0. The molecule has 0 radical (unpaired) electrons. The number of hydrogen-bond acceptors (Lipinski definition) is 4. The lowest BCUT2D eigenvalue weighted by Gasteiger charge is -2.37. The summed E-state index contributed by atoms with van der Waals surface area (Å²) in [6, 6.07) is 0. The Morgan fingerprint density at radius 3 is 2.53 bits per heavy atom. The molecule has 1 rings (SSSR count). The van der Waals surface area contributed by atoms with Gasteiger partial charge in [0.1, 0.15) is 0 Å². The van der Waals surface area contributed by atoms with E-state index in [9.17, 15) is 0 Å². The Morgan fingerprint density at radius 1 is 1.29 bits per heavy atom. The van der Waals surface area contributed by atoms with E-state index in [4.69, 9.17) is 9.47 Å². The molecule has 1 unspecified atom stereocenters. The second-order valence-electron chi connectivity index (χ2n) is 5.05. The van der Waals surface area contributed by atoms with Crippen molar-refractivity contribution in [3.8, 4) is 0 Å². The van der Waals surface area contributed by atoms with Gasteiger partial charge < -0.3 is 20.1 Å². The lowest BCUT2D eigenvalue weighted by molar-refractivity contribution is 0.0264. The Kier molecular flexibility index (Phi) is 7.04. The summed E-state index contributed by atoms with van der Waals surface area (Å²) in [6.07, 6.45) is 3.97. The van der Waals surface area contributed by atoms with Crippen molar-refractivity contribution in [2.75, 3.05) is 47.0 Å². The molecule has 0 aromatic heterocycles. The van der Waals surface area contributed by atoms with Crippen LogP contribution in [0.3, 0.4) is 0 Å². The third-order valence-electron chi connectivity index (χ3n) is 3.97. The Balaban J connectivity index is 2.27. The van der Waals surface area contributed by atoms with Gasteiger partial charge in [-0.3, -0.25) is 0 Å². The fourth-order valence-electron chi connectivity index (χ4n) is 2.51. The van der Waals surface area contributed by atoms with Crippen molar-refractivity contribution >= 4 is 0 Å². The fraction of sp³-hybridized carbons (Fsp3) is 1.00. The van der Waals surface area contributed by atoms with E-state index in [1.165, 1.54) is 19.3 Å². The summed E-state index contributed by atoms with van der Waals surface area (Å²) in [5.41, 5.74) is 0.483. The highest BCUT2D eigenvalue weighted by molar-refractivity contribution is 4.85. The van der Waals surface area contributed by atoms with Crippen molar-refractivity contribution in [2.45, 2.75) is 32.3 Å². The van der Waals surface area contributed by atoms with Gasteiger partial charge in [-0.1, -0.05) is 6.92 Å². The first-order chi connectivity index (χ1) is 8.26. The van der Waals surface area contributed by atoms with E-state index in [2.05, 4.69) is 17.6 Å². The summed E-state index contributed by atoms with van der Waals surface area (Å²) in [5, 5.41) is 6.98. The van der Waals surface area contributed by atoms with E-state index >= 15 is 0 Å². The number of hydrogen-bond donors (Lipinski definition) is 2. The molecule has 1 saturated heterocycles. The molecule has 0 aromatic rings. The zero-order valence-corrected chi connectivity index (χ0v) is 11.6. The van der Waals surface area contributed by atoms with E-state index in [-0.39, 0.29) is 6.10 Å². The van der Waals surface area contributed by atoms with Crippen molar-refractivity contribution in [2.24, 2.45) is 5.41 Å². The molecule has 17 heavy (non-hydrogen) atoms. The highest BCUT2D eigenvalue weighted by atomic mass is 16.5. The van der Waals surface area contributed by atoms with Gasteiger partial charge in [0, 0.05) is 27.3 Å². The molecule has 0 aromatic carbocycles. The first kappa shape index (κ1) is 14.9. The zero-order valence-electron chi connectivity index (χ0n) is 11.6. The number of rotatable bonds is 8. The van der Waals surface area contributed by atoms with Gasteiger partial charge in [-0.05, 0) is 37.8 Å². The molecule has 2 N–H and O–H groups in total. The molecule has 1 aliphatic rings. The Morgan fingerprint density at radius 2 is 2.00 bits per heavy atom. The molecule has 1 heterocycles.